The Labute approximate surface area is 186 Å². The number of hydrogen-bond donors (Lipinski definition) is 2. The van der Waals surface area contributed by atoms with Gasteiger partial charge in [0.2, 0.25) is 0 Å². The second-order valence-electron chi connectivity index (χ2n) is 7.93. The van der Waals surface area contributed by atoms with Crippen LogP contribution in [0.4, 0.5) is 18.9 Å². The number of nitrogens with zero attached hydrogens (tertiary/aromatic N) is 1. The van der Waals surface area contributed by atoms with Gasteiger partial charge in [-0.1, -0.05) is 69.4 Å². The van der Waals surface area contributed by atoms with Crippen LogP contribution in [-0.2, 0) is 11.0 Å². The summed E-state index contributed by atoms with van der Waals surface area (Å²) in [6, 6.07) is 5.02. The van der Waals surface area contributed by atoms with E-state index in [1.807, 2.05) is 0 Å². The number of carbonyl (C=O) groups is 1. The number of alkyl halides is 3. The number of anilines is 1. The van der Waals surface area contributed by atoms with E-state index in [9.17, 15) is 23.2 Å². The minimum Gasteiger partial charge on any atom is -0.360 e. The summed E-state index contributed by atoms with van der Waals surface area (Å²) in [4.78, 5) is 12.6. The lowest BCUT2D eigenvalue weighted by Crippen LogP contribution is -2.35. The van der Waals surface area contributed by atoms with Gasteiger partial charge in [-0.2, -0.15) is 18.4 Å². The number of halogens is 4. The molecule has 2 N–H and O–H groups in total. The van der Waals surface area contributed by atoms with Crippen LogP contribution in [-0.4, -0.2) is 11.9 Å². The lowest BCUT2D eigenvalue weighted by atomic mass is 9.98. The van der Waals surface area contributed by atoms with E-state index in [0.29, 0.717) is 0 Å². The SMILES string of the molecule is N#C/C(=C/Nc1ccc(Cl)cc1C(F)(F)F)C(=O)NC1CCCCCCCCCCC1. The topological polar surface area (TPSA) is 64.9 Å². The van der Waals surface area contributed by atoms with Gasteiger partial charge in [0.1, 0.15) is 11.6 Å². The zero-order valence-electron chi connectivity index (χ0n) is 17.5. The number of nitriles is 1. The highest BCUT2D eigenvalue weighted by Crippen LogP contribution is 2.36. The first kappa shape index (κ1) is 25.1. The average molecular weight is 456 g/mol. The number of nitrogens with one attached hydrogen (secondary N) is 2. The third-order valence-corrected chi connectivity index (χ3v) is 5.70. The molecule has 0 radical (unpaired) electrons. The fraction of sp³-hybridized carbons (Fsp3) is 0.565. The van der Waals surface area contributed by atoms with E-state index in [-0.39, 0.29) is 22.3 Å². The van der Waals surface area contributed by atoms with Crippen molar-refractivity contribution in [2.24, 2.45) is 0 Å². The van der Waals surface area contributed by atoms with Crippen LogP contribution < -0.4 is 10.6 Å². The van der Waals surface area contributed by atoms with Crippen molar-refractivity contribution >= 4 is 23.2 Å². The van der Waals surface area contributed by atoms with Crippen LogP contribution in [0.5, 0.6) is 0 Å². The number of rotatable bonds is 4. The van der Waals surface area contributed by atoms with E-state index in [0.717, 1.165) is 50.8 Å². The first-order valence-electron chi connectivity index (χ1n) is 10.9. The largest absolute Gasteiger partial charge is 0.418 e. The number of benzene rings is 1. The highest BCUT2D eigenvalue weighted by molar-refractivity contribution is 6.30. The fourth-order valence-corrected chi connectivity index (χ4v) is 3.92. The van der Waals surface area contributed by atoms with Gasteiger partial charge in [0.05, 0.1) is 11.3 Å². The minimum absolute atomic E-state index is 0.0371. The Morgan fingerprint density at radius 1 is 1.03 bits per heavy atom. The van der Waals surface area contributed by atoms with Gasteiger partial charge in [0, 0.05) is 17.3 Å². The van der Waals surface area contributed by atoms with Crippen molar-refractivity contribution in [2.45, 2.75) is 82.8 Å². The number of hydrogen-bond acceptors (Lipinski definition) is 3. The lowest BCUT2D eigenvalue weighted by molar-refractivity contribution is -0.136. The first-order valence-corrected chi connectivity index (χ1v) is 11.2. The molecule has 0 heterocycles. The van der Waals surface area contributed by atoms with Gasteiger partial charge in [-0.15, -0.1) is 0 Å². The lowest BCUT2D eigenvalue weighted by Gasteiger charge is -2.19. The number of amides is 1. The second kappa shape index (κ2) is 12.6. The molecule has 1 aliphatic carbocycles. The highest BCUT2D eigenvalue weighted by atomic mass is 35.5. The Bertz CT molecular complexity index is 790. The Morgan fingerprint density at radius 2 is 1.58 bits per heavy atom. The predicted octanol–water partition coefficient (Wildman–Crippen LogP) is 6.97. The third kappa shape index (κ3) is 8.82. The van der Waals surface area contributed by atoms with Crippen LogP contribution in [0.15, 0.2) is 30.0 Å². The van der Waals surface area contributed by atoms with Gasteiger partial charge in [-0.05, 0) is 31.0 Å². The van der Waals surface area contributed by atoms with Crippen LogP contribution in [0.3, 0.4) is 0 Å². The molecule has 0 bridgehead atoms. The van der Waals surface area contributed by atoms with E-state index < -0.39 is 17.6 Å². The fourth-order valence-electron chi connectivity index (χ4n) is 3.75. The second-order valence-corrected chi connectivity index (χ2v) is 8.37. The Hall–Kier alpha value is -2.20. The molecule has 0 unspecified atom stereocenters. The summed E-state index contributed by atoms with van der Waals surface area (Å²) in [5, 5.41) is 14.7. The molecule has 1 aromatic rings. The van der Waals surface area contributed by atoms with Gasteiger partial charge in [-0.3, -0.25) is 4.79 Å². The standard InChI is InChI=1S/C23H29ClF3N3O/c24-18-12-13-21(20(14-18)23(25,26)27)29-16-17(15-28)22(31)30-19-10-8-6-4-2-1-3-5-7-9-11-19/h12-14,16,19,29H,1-11H2,(H,30,31)/b17-16-. The van der Waals surface area contributed by atoms with Crippen LogP contribution >= 0.6 is 11.6 Å². The van der Waals surface area contributed by atoms with Crippen LogP contribution in [0, 0.1) is 11.3 Å². The van der Waals surface area contributed by atoms with E-state index in [4.69, 9.17) is 11.6 Å². The number of carbonyl (C=O) groups excluding carboxylic acids is 1. The monoisotopic (exact) mass is 455 g/mol. The quantitative estimate of drug-likeness (QED) is 0.380. The molecular formula is C23H29ClF3N3O. The van der Waals surface area contributed by atoms with Gasteiger partial charge < -0.3 is 10.6 Å². The maximum absolute atomic E-state index is 13.2. The zero-order chi connectivity index (χ0) is 22.7. The Kier molecular flexibility index (Phi) is 10.2. The molecule has 170 valence electrons. The molecule has 1 fully saturated rings. The Balaban J connectivity index is 2.05. The van der Waals surface area contributed by atoms with E-state index >= 15 is 0 Å². The first-order chi connectivity index (χ1) is 14.8. The van der Waals surface area contributed by atoms with Crippen molar-refractivity contribution in [3.63, 3.8) is 0 Å². The molecule has 1 aromatic carbocycles. The molecule has 1 amide bonds. The summed E-state index contributed by atoms with van der Waals surface area (Å²) < 4.78 is 39.7. The third-order valence-electron chi connectivity index (χ3n) is 5.46. The zero-order valence-corrected chi connectivity index (χ0v) is 18.3. The highest BCUT2D eigenvalue weighted by Gasteiger charge is 2.33. The molecule has 1 saturated carbocycles. The molecule has 0 aliphatic heterocycles. The van der Waals surface area contributed by atoms with Crippen molar-refractivity contribution in [3.05, 3.63) is 40.6 Å². The summed E-state index contributed by atoms with van der Waals surface area (Å²) in [5.41, 5.74) is -1.51. The van der Waals surface area contributed by atoms with Gasteiger partial charge >= 0.3 is 6.18 Å². The summed E-state index contributed by atoms with van der Waals surface area (Å²) in [6.45, 7) is 0. The van der Waals surface area contributed by atoms with Gasteiger partial charge in [-0.25, -0.2) is 0 Å². The summed E-state index contributed by atoms with van der Waals surface area (Å²) in [7, 11) is 0. The van der Waals surface area contributed by atoms with Crippen molar-refractivity contribution in [1.29, 1.82) is 5.26 Å². The normalized spacial score (nSPS) is 17.7. The molecular weight excluding hydrogens is 427 g/mol. The Morgan fingerprint density at radius 3 is 2.10 bits per heavy atom. The van der Waals surface area contributed by atoms with Crippen molar-refractivity contribution < 1.29 is 18.0 Å². The van der Waals surface area contributed by atoms with Crippen molar-refractivity contribution in [3.8, 4) is 6.07 Å². The molecule has 1 aliphatic rings. The smallest absolute Gasteiger partial charge is 0.360 e. The van der Waals surface area contributed by atoms with Crippen LogP contribution in [0.1, 0.15) is 76.2 Å². The maximum Gasteiger partial charge on any atom is 0.418 e. The van der Waals surface area contributed by atoms with Crippen molar-refractivity contribution in [1.82, 2.24) is 5.32 Å². The van der Waals surface area contributed by atoms with E-state index in [1.165, 1.54) is 44.2 Å². The maximum atomic E-state index is 13.2. The molecule has 2 rings (SSSR count). The molecule has 0 atom stereocenters. The van der Waals surface area contributed by atoms with Gasteiger partial charge in [0.25, 0.3) is 5.91 Å². The predicted molar refractivity (Wildman–Crippen MR) is 116 cm³/mol. The van der Waals surface area contributed by atoms with Crippen LogP contribution in [0.25, 0.3) is 0 Å². The van der Waals surface area contributed by atoms with E-state index in [1.54, 1.807) is 6.07 Å². The molecule has 31 heavy (non-hydrogen) atoms. The molecule has 8 heteroatoms. The summed E-state index contributed by atoms with van der Waals surface area (Å²) in [5.74, 6) is -0.574. The summed E-state index contributed by atoms with van der Waals surface area (Å²) >= 11 is 5.68. The molecule has 4 nitrogen and oxygen atoms in total. The molecule has 0 spiro atoms. The molecule has 0 saturated heterocycles. The van der Waals surface area contributed by atoms with Crippen molar-refractivity contribution in [2.75, 3.05) is 5.32 Å². The van der Waals surface area contributed by atoms with E-state index in [2.05, 4.69) is 10.6 Å². The molecule has 0 aromatic heterocycles. The average Bonchev–Trinajstić information content (AvgIpc) is 2.70. The summed E-state index contributed by atoms with van der Waals surface area (Å²) in [6.07, 6.45) is 8.48. The minimum atomic E-state index is -4.62. The van der Waals surface area contributed by atoms with Gasteiger partial charge in [0.15, 0.2) is 0 Å². The van der Waals surface area contributed by atoms with Crippen LogP contribution in [0.2, 0.25) is 5.02 Å².